The number of benzene rings is 4. The van der Waals surface area contributed by atoms with Gasteiger partial charge in [-0.2, -0.15) is 0 Å². The molecule has 0 aromatic heterocycles. The van der Waals surface area contributed by atoms with E-state index in [1.807, 2.05) is 39.1 Å². The highest BCUT2D eigenvalue weighted by molar-refractivity contribution is 6.04. The molecular weight excluding hydrogens is 596 g/mol. The number of urea groups is 1. The Kier molecular flexibility index (Phi) is 9.60. The van der Waals surface area contributed by atoms with Gasteiger partial charge in [0.2, 0.25) is 6.79 Å². The van der Waals surface area contributed by atoms with Gasteiger partial charge < -0.3 is 34.9 Å². The first-order chi connectivity index (χ1) is 22.8. The number of aliphatic hydroxyl groups is 1. The zero-order valence-corrected chi connectivity index (χ0v) is 26.8. The van der Waals surface area contributed by atoms with E-state index in [-0.39, 0.29) is 31.3 Å². The number of aliphatic hydroxyl groups excluding tert-OH is 1. The average molecular weight is 637 g/mol. The van der Waals surface area contributed by atoms with Crippen LogP contribution in [0.3, 0.4) is 0 Å². The molecule has 0 bridgehead atoms. The minimum absolute atomic E-state index is 0.0838. The molecule has 4 aromatic carbocycles. The average Bonchev–Trinajstić information content (AvgIpc) is 3.55. The molecule has 0 spiro atoms. The number of fused-ring (bicyclic) bond motifs is 2. The summed E-state index contributed by atoms with van der Waals surface area (Å²) in [5.74, 6) is 1.11. The fourth-order valence-corrected chi connectivity index (χ4v) is 5.94. The van der Waals surface area contributed by atoms with Crippen LogP contribution in [0.5, 0.6) is 17.2 Å². The van der Waals surface area contributed by atoms with Gasteiger partial charge in [0.25, 0.3) is 5.91 Å². The molecule has 0 aliphatic carbocycles. The van der Waals surface area contributed by atoms with Gasteiger partial charge in [0.05, 0.1) is 23.9 Å². The zero-order valence-electron chi connectivity index (χ0n) is 26.8. The van der Waals surface area contributed by atoms with Crippen molar-refractivity contribution >= 4 is 23.3 Å². The molecule has 0 unspecified atom stereocenters. The van der Waals surface area contributed by atoms with E-state index in [0.29, 0.717) is 53.8 Å². The van der Waals surface area contributed by atoms with Gasteiger partial charge in [-0.3, -0.25) is 9.69 Å². The lowest BCUT2D eigenvalue weighted by atomic mass is 9.98. The van der Waals surface area contributed by atoms with E-state index in [2.05, 4.69) is 51.9 Å². The summed E-state index contributed by atoms with van der Waals surface area (Å²) in [5, 5.41) is 15.7. The van der Waals surface area contributed by atoms with E-state index in [1.54, 1.807) is 41.3 Å². The van der Waals surface area contributed by atoms with Crippen LogP contribution in [0.4, 0.5) is 16.2 Å². The molecule has 244 valence electrons. The summed E-state index contributed by atoms with van der Waals surface area (Å²) in [6.45, 7) is 5.50. The number of ether oxygens (including phenoxy) is 3. The van der Waals surface area contributed by atoms with Crippen LogP contribution in [-0.4, -0.2) is 72.5 Å². The Morgan fingerprint density at radius 1 is 0.957 bits per heavy atom. The molecule has 4 aromatic rings. The van der Waals surface area contributed by atoms with Gasteiger partial charge in [-0.25, -0.2) is 4.79 Å². The number of nitrogens with one attached hydrogen (secondary N) is 2. The topological polar surface area (TPSA) is 113 Å². The molecule has 10 heteroatoms. The Bertz CT molecular complexity index is 1710. The third-order valence-electron chi connectivity index (χ3n) is 8.57. The number of hydrogen-bond acceptors (Lipinski definition) is 7. The first kappa shape index (κ1) is 31.9. The maximum atomic E-state index is 13.8. The van der Waals surface area contributed by atoms with Crippen molar-refractivity contribution in [3.8, 4) is 28.4 Å². The van der Waals surface area contributed by atoms with Crippen LogP contribution in [0.25, 0.3) is 11.1 Å². The Balaban J connectivity index is 1.22. The number of likely N-dealkylation sites (N-methyl/N-ethyl adjacent to an activating group) is 1. The zero-order chi connectivity index (χ0) is 32.9. The summed E-state index contributed by atoms with van der Waals surface area (Å²) in [4.78, 5) is 30.9. The third-order valence-corrected chi connectivity index (χ3v) is 8.57. The molecule has 0 saturated carbocycles. The second-order valence-corrected chi connectivity index (χ2v) is 12.2. The first-order valence-corrected chi connectivity index (χ1v) is 15.8. The summed E-state index contributed by atoms with van der Waals surface area (Å²) in [7, 11) is 2.04. The molecule has 0 radical (unpaired) electrons. The smallest absolute Gasteiger partial charge is 0.323 e. The predicted molar refractivity (Wildman–Crippen MR) is 181 cm³/mol. The van der Waals surface area contributed by atoms with Gasteiger partial charge in [0.15, 0.2) is 17.2 Å². The maximum Gasteiger partial charge on any atom is 0.323 e. The maximum absolute atomic E-state index is 13.8. The van der Waals surface area contributed by atoms with E-state index in [1.165, 1.54) is 11.1 Å². The highest BCUT2D eigenvalue weighted by atomic mass is 16.7. The van der Waals surface area contributed by atoms with Crippen molar-refractivity contribution in [2.75, 3.05) is 44.2 Å². The number of hydrogen-bond donors (Lipinski definition) is 3. The van der Waals surface area contributed by atoms with Gasteiger partial charge in [-0.1, -0.05) is 67.6 Å². The first-order valence-electron chi connectivity index (χ1n) is 15.8. The predicted octanol–water partition coefficient (Wildman–Crippen LogP) is 6.08. The van der Waals surface area contributed by atoms with Gasteiger partial charge in [0, 0.05) is 37.3 Å². The van der Waals surface area contributed by atoms with Crippen LogP contribution in [0, 0.1) is 5.92 Å². The highest BCUT2D eigenvalue weighted by Gasteiger charge is 2.34. The minimum Gasteiger partial charge on any atom is -0.486 e. The van der Waals surface area contributed by atoms with Crippen LogP contribution < -0.4 is 24.8 Å². The minimum atomic E-state index is -0.503. The molecule has 2 aliphatic rings. The molecule has 3 N–H and O–H groups in total. The van der Waals surface area contributed by atoms with Gasteiger partial charge >= 0.3 is 6.03 Å². The van der Waals surface area contributed by atoms with E-state index in [9.17, 15) is 14.7 Å². The second kappa shape index (κ2) is 14.1. The highest BCUT2D eigenvalue weighted by Crippen LogP contribution is 2.36. The van der Waals surface area contributed by atoms with Crippen molar-refractivity contribution in [2.45, 2.75) is 32.5 Å². The molecule has 0 saturated heterocycles. The van der Waals surface area contributed by atoms with Crippen molar-refractivity contribution in [2.24, 2.45) is 5.92 Å². The monoisotopic (exact) mass is 636 g/mol. The standard InChI is InChI=1S/C37H40N4O6/c1-24-19-41(25(2)22-42)36(43)30-10-7-11-31(39-37(44)38-29-16-17-32-33(18-29)46-23-45-32)35(30)47-34(24)21-40(3)20-26-12-14-28(15-13-26)27-8-5-4-6-9-27/h4-18,24-25,34,42H,19-23H2,1-3H3,(H2,38,39,44)/t24-,25+,34-/m1/s1. The Hall–Kier alpha value is -5.06. The molecule has 2 heterocycles. The van der Waals surface area contributed by atoms with Crippen molar-refractivity contribution in [3.05, 3.63) is 102 Å². The lowest BCUT2D eigenvalue weighted by molar-refractivity contribution is 0.0343. The van der Waals surface area contributed by atoms with Crippen molar-refractivity contribution in [1.82, 2.24) is 9.80 Å². The summed E-state index contributed by atoms with van der Waals surface area (Å²) in [5.41, 5.74) is 4.71. The molecule has 3 atom stereocenters. The van der Waals surface area contributed by atoms with Crippen LogP contribution in [0.2, 0.25) is 0 Å². The van der Waals surface area contributed by atoms with Crippen molar-refractivity contribution < 1.29 is 28.9 Å². The van der Waals surface area contributed by atoms with Crippen LogP contribution in [-0.2, 0) is 6.54 Å². The number of amides is 3. The summed E-state index contributed by atoms with van der Waals surface area (Å²) >= 11 is 0. The molecule has 6 rings (SSSR count). The largest absolute Gasteiger partial charge is 0.486 e. The van der Waals surface area contributed by atoms with Crippen LogP contribution in [0.15, 0.2) is 91.0 Å². The number of nitrogens with zero attached hydrogens (tertiary/aromatic N) is 2. The SMILES string of the molecule is C[C@@H]1CN([C@@H](C)CO)C(=O)c2cccc(NC(=O)Nc3ccc4c(c3)OCO4)c2O[C@@H]1CN(C)Cc1ccc(-c2ccccc2)cc1. The van der Waals surface area contributed by atoms with Gasteiger partial charge in [0.1, 0.15) is 6.10 Å². The van der Waals surface area contributed by atoms with E-state index < -0.39 is 12.1 Å². The summed E-state index contributed by atoms with van der Waals surface area (Å²) in [6.07, 6.45) is -0.330. The van der Waals surface area contributed by atoms with Gasteiger partial charge in [-0.05, 0) is 54.9 Å². The molecule has 3 amide bonds. The molecule has 10 nitrogen and oxygen atoms in total. The Morgan fingerprint density at radius 2 is 1.70 bits per heavy atom. The molecule has 2 aliphatic heterocycles. The lowest BCUT2D eigenvalue weighted by Crippen LogP contribution is -2.49. The number of rotatable bonds is 9. The van der Waals surface area contributed by atoms with Crippen molar-refractivity contribution in [1.29, 1.82) is 0 Å². The number of para-hydroxylation sites is 1. The second-order valence-electron chi connectivity index (χ2n) is 12.2. The quantitative estimate of drug-likeness (QED) is 0.204. The fourth-order valence-electron chi connectivity index (χ4n) is 5.94. The Morgan fingerprint density at radius 3 is 2.47 bits per heavy atom. The van der Waals surface area contributed by atoms with Crippen LogP contribution in [0.1, 0.15) is 29.8 Å². The summed E-state index contributed by atoms with van der Waals surface area (Å²) < 4.78 is 17.5. The van der Waals surface area contributed by atoms with E-state index in [4.69, 9.17) is 14.2 Å². The summed E-state index contributed by atoms with van der Waals surface area (Å²) in [6, 6.07) is 28.2. The lowest BCUT2D eigenvalue weighted by Gasteiger charge is -2.38. The molecule has 0 fully saturated rings. The number of anilines is 2. The normalized spacial score (nSPS) is 17.7. The van der Waals surface area contributed by atoms with E-state index in [0.717, 1.165) is 5.56 Å². The molecular formula is C37H40N4O6. The number of carbonyl (C=O) groups is 2. The Labute approximate surface area is 274 Å². The van der Waals surface area contributed by atoms with Crippen LogP contribution >= 0.6 is 0 Å². The van der Waals surface area contributed by atoms with Crippen molar-refractivity contribution in [3.63, 3.8) is 0 Å². The third kappa shape index (κ3) is 7.34. The van der Waals surface area contributed by atoms with E-state index >= 15 is 0 Å². The molecule has 47 heavy (non-hydrogen) atoms. The van der Waals surface area contributed by atoms with Gasteiger partial charge in [-0.15, -0.1) is 0 Å². The fraction of sp³-hybridized carbons (Fsp3) is 0.297. The number of carbonyl (C=O) groups excluding carboxylic acids is 2.